The molecule has 6 heteroatoms. The molecule has 0 saturated heterocycles. The van der Waals surface area contributed by atoms with E-state index in [4.69, 9.17) is 4.74 Å². The van der Waals surface area contributed by atoms with Gasteiger partial charge in [0.05, 0.1) is 12.3 Å². The van der Waals surface area contributed by atoms with E-state index in [1.807, 2.05) is 25.1 Å². The Morgan fingerprint density at radius 2 is 1.89 bits per heavy atom. The summed E-state index contributed by atoms with van der Waals surface area (Å²) in [6.07, 6.45) is 2.08. The molecular weight excluding hydrogens is 357 g/mol. The summed E-state index contributed by atoms with van der Waals surface area (Å²) in [5, 5.41) is 5.99. The van der Waals surface area contributed by atoms with Crippen LogP contribution in [0, 0.1) is 5.82 Å². The van der Waals surface area contributed by atoms with Crippen molar-refractivity contribution < 1.29 is 13.9 Å². The number of pyridine rings is 1. The van der Waals surface area contributed by atoms with Crippen molar-refractivity contribution in [2.45, 2.75) is 13.3 Å². The number of anilines is 2. The topological polar surface area (TPSA) is 63.2 Å². The summed E-state index contributed by atoms with van der Waals surface area (Å²) in [5.41, 5.74) is 1.71. The summed E-state index contributed by atoms with van der Waals surface area (Å²) in [5.74, 6) is 0.697. The molecule has 3 rings (SSSR count). The maximum absolute atomic E-state index is 13.7. The van der Waals surface area contributed by atoms with Crippen molar-refractivity contribution >= 4 is 17.4 Å². The SMILES string of the molecule is CCOc1ccccc1NC(=O)c1ccnc(NCCc2ccccc2F)c1. The Bertz CT molecular complexity index is 946. The number of hydrogen-bond acceptors (Lipinski definition) is 4. The monoisotopic (exact) mass is 379 g/mol. The highest BCUT2D eigenvalue weighted by Crippen LogP contribution is 2.24. The molecule has 28 heavy (non-hydrogen) atoms. The molecule has 0 atom stereocenters. The van der Waals surface area contributed by atoms with Crippen LogP contribution in [-0.2, 0) is 6.42 Å². The normalized spacial score (nSPS) is 10.4. The van der Waals surface area contributed by atoms with Crippen LogP contribution < -0.4 is 15.4 Å². The number of nitrogens with zero attached hydrogens (tertiary/aromatic N) is 1. The van der Waals surface area contributed by atoms with E-state index in [2.05, 4.69) is 15.6 Å². The Morgan fingerprint density at radius 3 is 2.71 bits per heavy atom. The van der Waals surface area contributed by atoms with Gasteiger partial charge < -0.3 is 15.4 Å². The smallest absolute Gasteiger partial charge is 0.255 e. The van der Waals surface area contributed by atoms with Gasteiger partial charge in [0.25, 0.3) is 5.91 Å². The largest absolute Gasteiger partial charge is 0.492 e. The number of carbonyl (C=O) groups is 1. The first-order valence-corrected chi connectivity index (χ1v) is 9.14. The number of ether oxygens (including phenoxy) is 1. The number of aromatic nitrogens is 1. The molecule has 0 radical (unpaired) electrons. The molecule has 0 bridgehead atoms. The fourth-order valence-electron chi connectivity index (χ4n) is 2.74. The Hall–Kier alpha value is -3.41. The zero-order valence-corrected chi connectivity index (χ0v) is 15.6. The lowest BCUT2D eigenvalue weighted by Crippen LogP contribution is -2.14. The minimum absolute atomic E-state index is 0.224. The Morgan fingerprint density at radius 1 is 1.11 bits per heavy atom. The van der Waals surface area contributed by atoms with E-state index in [9.17, 15) is 9.18 Å². The number of nitrogens with one attached hydrogen (secondary N) is 2. The van der Waals surface area contributed by atoms with Crippen LogP contribution in [0.15, 0.2) is 66.9 Å². The first kappa shape index (κ1) is 19.4. The summed E-state index contributed by atoms with van der Waals surface area (Å²) < 4.78 is 19.2. The molecule has 1 amide bonds. The van der Waals surface area contributed by atoms with Gasteiger partial charge in [-0.1, -0.05) is 30.3 Å². The molecule has 5 nitrogen and oxygen atoms in total. The minimum Gasteiger partial charge on any atom is -0.492 e. The molecule has 0 saturated carbocycles. The van der Waals surface area contributed by atoms with Crippen molar-refractivity contribution in [3.63, 3.8) is 0 Å². The maximum atomic E-state index is 13.7. The van der Waals surface area contributed by atoms with E-state index < -0.39 is 0 Å². The van der Waals surface area contributed by atoms with Crippen LogP contribution in [0.25, 0.3) is 0 Å². The van der Waals surface area contributed by atoms with E-state index in [-0.39, 0.29) is 11.7 Å². The van der Waals surface area contributed by atoms with E-state index in [1.165, 1.54) is 6.07 Å². The number of amides is 1. The number of hydrogen-bond donors (Lipinski definition) is 2. The van der Waals surface area contributed by atoms with Gasteiger partial charge in [0.2, 0.25) is 0 Å². The van der Waals surface area contributed by atoms with Crippen molar-refractivity contribution in [1.82, 2.24) is 4.98 Å². The third kappa shape index (κ3) is 5.07. The zero-order chi connectivity index (χ0) is 19.8. The second-order valence-electron chi connectivity index (χ2n) is 6.08. The molecule has 3 aromatic rings. The van der Waals surface area contributed by atoms with Crippen molar-refractivity contribution in [2.24, 2.45) is 0 Å². The predicted octanol–water partition coefficient (Wildman–Crippen LogP) is 4.53. The highest BCUT2D eigenvalue weighted by atomic mass is 19.1. The molecule has 0 fully saturated rings. The number of benzene rings is 2. The van der Waals surface area contributed by atoms with Gasteiger partial charge in [-0.25, -0.2) is 9.37 Å². The van der Waals surface area contributed by atoms with Crippen LogP contribution in [0.1, 0.15) is 22.8 Å². The van der Waals surface area contributed by atoms with E-state index in [0.29, 0.717) is 48.0 Å². The fourth-order valence-corrected chi connectivity index (χ4v) is 2.74. The molecule has 2 N–H and O–H groups in total. The Balaban J connectivity index is 1.62. The summed E-state index contributed by atoms with van der Waals surface area (Å²) in [4.78, 5) is 16.8. The van der Waals surface area contributed by atoms with Gasteiger partial charge in [-0.3, -0.25) is 4.79 Å². The molecule has 0 unspecified atom stereocenters. The first-order chi connectivity index (χ1) is 13.7. The van der Waals surface area contributed by atoms with Crippen LogP contribution in [0.2, 0.25) is 0 Å². The third-order valence-corrected chi connectivity index (χ3v) is 4.12. The van der Waals surface area contributed by atoms with Gasteiger partial charge >= 0.3 is 0 Å². The Labute approximate surface area is 163 Å². The lowest BCUT2D eigenvalue weighted by Gasteiger charge is -2.12. The van der Waals surface area contributed by atoms with Crippen LogP contribution in [0.5, 0.6) is 5.75 Å². The van der Waals surface area contributed by atoms with Crippen LogP contribution in [-0.4, -0.2) is 24.0 Å². The van der Waals surface area contributed by atoms with Crippen molar-refractivity contribution in [3.05, 3.63) is 83.8 Å². The number of carbonyl (C=O) groups excluding carboxylic acids is 1. The van der Waals surface area contributed by atoms with Crippen molar-refractivity contribution in [3.8, 4) is 5.75 Å². The van der Waals surface area contributed by atoms with Crippen molar-refractivity contribution in [1.29, 1.82) is 0 Å². The molecule has 2 aromatic carbocycles. The van der Waals surface area contributed by atoms with E-state index in [1.54, 1.807) is 42.6 Å². The standard InChI is InChI=1S/C22H22FN3O2/c1-2-28-20-10-6-5-9-19(20)26-22(27)17-12-14-25-21(15-17)24-13-11-16-7-3-4-8-18(16)23/h3-10,12,14-15H,2,11,13H2,1H3,(H,24,25)(H,26,27). The summed E-state index contributed by atoms with van der Waals surface area (Å²) in [7, 11) is 0. The predicted molar refractivity (Wildman–Crippen MR) is 108 cm³/mol. The number of para-hydroxylation sites is 2. The van der Waals surface area contributed by atoms with Gasteiger partial charge in [-0.05, 0) is 49.2 Å². The Kier molecular flexibility index (Phi) is 6.57. The fraction of sp³-hybridized carbons (Fsp3) is 0.182. The molecule has 1 aromatic heterocycles. The average molecular weight is 379 g/mol. The second-order valence-corrected chi connectivity index (χ2v) is 6.08. The van der Waals surface area contributed by atoms with Crippen LogP contribution in [0.3, 0.4) is 0 Å². The van der Waals surface area contributed by atoms with Crippen LogP contribution in [0.4, 0.5) is 15.9 Å². The van der Waals surface area contributed by atoms with Crippen LogP contribution >= 0.6 is 0 Å². The molecule has 1 heterocycles. The first-order valence-electron chi connectivity index (χ1n) is 9.14. The van der Waals surface area contributed by atoms with E-state index in [0.717, 1.165) is 0 Å². The molecule has 0 aliphatic carbocycles. The average Bonchev–Trinajstić information content (AvgIpc) is 2.71. The summed E-state index contributed by atoms with van der Waals surface area (Å²) >= 11 is 0. The molecule has 0 aliphatic rings. The highest BCUT2D eigenvalue weighted by Gasteiger charge is 2.11. The van der Waals surface area contributed by atoms with Gasteiger partial charge in [0.15, 0.2) is 0 Å². The zero-order valence-electron chi connectivity index (χ0n) is 15.6. The summed E-state index contributed by atoms with van der Waals surface area (Å²) in [6, 6.07) is 17.3. The highest BCUT2D eigenvalue weighted by molar-refractivity contribution is 6.05. The lowest BCUT2D eigenvalue weighted by atomic mass is 10.1. The molecular formula is C22H22FN3O2. The quantitative estimate of drug-likeness (QED) is 0.604. The maximum Gasteiger partial charge on any atom is 0.255 e. The lowest BCUT2D eigenvalue weighted by molar-refractivity contribution is 0.102. The number of rotatable bonds is 8. The van der Waals surface area contributed by atoms with E-state index >= 15 is 0 Å². The minimum atomic E-state index is -0.258. The third-order valence-electron chi connectivity index (χ3n) is 4.12. The summed E-state index contributed by atoms with van der Waals surface area (Å²) in [6.45, 7) is 2.91. The van der Waals surface area contributed by atoms with Gasteiger partial charge in [-0.2, -0.15) is 0 Å². The van der Waals surface area contributed by atoms with Gasteiger partial charge in [0.1, 0.15) is 17.4 Å². The molecule has 144 valence electrons. The van der Waals surface area contributed by atoms with Gasteiger partial charge in [0, 0.05) is 18.3 Å². The number of halogens is 1. The molecule has 0 aliphatic heterocycles. The molecule has 0 spiro atoms. The second kappa shape index (κ2) is 9.50. The van der Waals surface area contributed by atoms with Gasteiger partial charge in [-0.15, -0.1) is 0 Å². The van der Waals surface area contributed by atoms with Crippen molar-refractivity contribution in [2.75, 3.05) is 23.8 Å².